The Hall–Kier alpha value is -1.21. The molecule has 0 saturated heterocycles. The van der Waals surface area contributed by atoms with E-state index in [1.165, 1.54) is 0 Å². The molecule has 0 aromatic carbocycles. The van der Waals surface area contributed by atoms with Crippen LogP contribution in [0, 0.1) is 0 Å². The number of hydrogen-bond donors (Lipinski definition) is 2. The molecule has 15 heavy (non-hydrogen) atoms. The molecular formula is C7H7ClF3N3O. The molecule has 0 saturated carbocycles. The van der Waals surface area contributed by atoms with Gasteiger partial charge in [0.05, 0.1) is 10.7 Å². The minimum Gasteiger partial charge on any atom is -0.402 e. The first-order valence-corrected chi connectivity index (χ1v) is 4.12. The molecule has 0 aliphatic carbocycles. The Balaban J connectivity index is 3.05. The predicted molar refractivity (Wildman–Crippen MR) is 48.2 cm³/mol. The zero-order valence-electron chi connectivity index (χ0n) is 7.31. The third-order valence-electron chi connectivity index (χ3n) is 1.46. The van der Waals surface area contributed by atoms with Crippen molar-refractivity contribution >= 4 is 17.4 Å². The van der Waals surface area contributed by atoms with Crippen molar-refractivity contribution < 1.29 is 17.9 Å². The van der Waals surface area contributed by atoms with Gasteiger partial charge < -0.3 is 16.2 Å². The van der Waals surface area contributed by atoms with Crippen LogP contribution in [0.15, 0.2) is 6.07 Å². The van der Waals surface area contributed by atoms with Crippen LogP contribution < -0.4 is 16.2 Å². The molecule has 1 heterocycles. The smallest absolute Gasteiger partial charge is 0.402 e. The summed E-state index contributed by atoms with van der Waals surface area (Å²) in [7, 11) is 0. The van der Waals surface area contributed by atoms with Gasteiger partial charge in [0.25, 0.3) is 0 Å². The van der Waals surface area contributed by atoms with E-state index >= 15 is 0 Å². The number of nitrogens with zero attached hydrogens (tertiary/aromatic N) is 1. The Morgan fingerprint density at radius 3 is 2.53 bits per heavy atom. The average molecular weight is 242 g/mol. The second-order valence-corrected chi connectivity index (χ2v) is 2.96. The number of pyridine rings is 1. The fourth-order valence-electron chi connectivity index (χ4n) is 0.876. The molecule has 0 amide bonds. The zero-order valence-corrected chi connectivity index (χ0v) is 8.06. The quantitative estimate of drug-likeness (QED) is 0.826. The summed E-state index contributed by atoms with van der Waals surface area (Å²) in [5.41, 5.74) is 10.7. The summed E-state index contributed by atoms with van der Waals surface area (Å²) in [4.78, 5) is 3.57. The Morgan fingerprint density at radius 1 is 1.47 bits per heavy atom. The fraction of sp³-hybridized carbons (Fsp3) is 0.286. The van der Waals surface area contributed by atoms with Crippen LogP contribution in [0.5, 0.6) is 5.75 Å². The van der Waals surface area contributed by atoms with Crippen molar-refractivity contribution in [3.8, 4) is 5.75 Å². The van der Waals surface area contributed by atoms with E-state index in [0.717, 1.165) is 6.07 Å². The van der Waals surface area contributed by atoms with Crippen molar-refractivity contribution in [3.05, 3.63) is 16.8 Å². The zero-order chi connectivity index (χ0) is 11.6. The highest BCUT2D eigenvalue weighted by molar-refractivity contribution is 6.31. The molecule has 1 aromatic rings. The number of ether oxygens (including phenoxy) is 1. The van der Waals surface area contributed by atoms with Gasteiger partial charge in [-0.3, -0.25) is 0 Å². The Labute approximate surface area is 88.0 Å². The van der Waals surface area contributed by atoms with E-state index in [9.17, 15) is 13.2 Å². The third kappa shape index (κ3) is 3.14. The molecule has 0 fully saturated rings. The Bertz CT molecular complexity index is 369. The fourth-order valence-corrected chi connectivity index (χ4v) is 1.09. The van der Waals surface area contributed by atoms with Crippen molar-refractivity contribution in [1.29, 1.82) is 0 Å². The normalized spacial score (nSPS) is 11.5. The summed E-state index contributed by atoms with van der Waals surface area (Å²) in [6.07, 6.45) is -4.83. The highest BCUT2D eigenvalue weighted by Gasteiger charge is 2.32. The summed E-state index contributed by atoms with van der Waals surface area (Å²) in [5, 5.41) is -0.0223. The topological polar surface area (TPSA) is 74.2 Å². The van der Waals surface area contributed by atoms with Gasteiger partial charge in [-0.25, -0.2) is 4.98 Å². The maximum absolute atomic E-state index is 11.9. The maximum atomic E-state index is 11.9. The first-order chi connectivity index (χ1) is 6.83. The minimum absolute atomic E-state index is 0.0185. The predicted octanol–water partition coefficient (Wildman–Crippen LogP) is 1.67. The van der Waals surface area contributed by atoms with E-state index < -0.39 is 17.9 Å². The second-order valence-electron chi connectivity index (χ2n) is 2.55. The van der Waals surface area contributed by atoms with Crippen molar-refractivity contribution in [3.63, 3.8) is 0 Å². The van der Waals surface area contributed by atoms with Crippen molar-refractivity contribution in [2.45, 2.75) is 12.9 Å². The maximum Gasteiger partial charge on any atom is 0.573 e. The lowest BCUT2D eigenvalue weighted by molar-refractivity contribution is -0.274. The molecule has 0 atom stereocenters. The molecule has 0 spiro atoms. The van der Waals surface area contributed by atoms with E-state index in [-0.39, 0.29) is 17.3 Å². The van der Waals surface area contributed by atoms with Crippen LogP contribution in [-0.2, 0) is 6.54 Å². The third-order valence-corrected chi connectivity index (χ3v) is 1.79. The lowest BCUT2D eigenvalue weighted by Gasteiger charge is -2.11. The lowest BCUT2D eigenvalue weighted by Crippen LogP contribution is -2.18. The van der Waals surface area contributed by atoms with E-state index in [2.05, 4.69) is 9.72 Å². The molecule has 0 aliphatic rings. The number of hydrogen-bond acceptors (Lipinski definition) is 4. The van der Waals surface area contributed by atoms with E-state index in [1.807, 2.05) is 0 Å². The van der Waals surface area contributed by atoms with Gasteiger partial charge in [-0.1, -0.05) is 11.6 Å². The van der Waals surface area contributed by atoms with Crippen LogP contribution in [0.4, 0.5) is 19.0 Å². The SMILES string of the molecule is NCc1nc(N)c(OC(F)(F)F)cc1Cl. The van der Waals surface area contributed by atoms with Crippen molar-refractivity contribution in [2.24, 2.45) is 5.73 Å². The van der Waals surface area contributed by atoms with E-state index in [4.69, 9.17) is 23.1 Å². The highest BCUT2D eigenvalue weighted by atomic mass is 35.5. The second kappa shape index (κ2) is 4.11. The van der Waals surface area contributed by atoms with Gasteiger partial charge in [0, 0.05) is 12.6 Å². The molecule has 1 aromatic heterocycles. The van der Waals surface area contributed by atoms with Crippen LogP contribution in [0.3, 0.4) is 0 Å². The van der Waals surface area contributed by atoms with Gasteiger partial charge in [0.2, 0.25) is 0 Å². The Kier molecular flexibility index (Phi) is 3.25. The molecule has 4 nitrogen and oxygen atoms in total. The first-order valence-electron chi connectivity index (χ1n) is 3.74. The van der Waals surface area contributed by atoms with Crippen LogP contribution in [0.2, 0.25) is 5.02 Å². The van der Waals surface area contributed by atoms with Gasteiger partial charge >= 0.3 is 6.36 Å². The van der Waals surface area contributed by atoms with Crippen LogP contribution >= 0.6 is 11.6 Å². The number of halogens is 4. The molecule has 0 radical (unpaired) electrons. The van der Waals surface area contributed by atoms with E-state index in [0.29, 0.717) is 0 Å². The van der Waals surface area contributed by atoms with Gasteiger partial charge in [-0.15, -0.1) is 13.2 Å². The molecule has 0 aliphatic heterocycles. The van der Waals surface area contributed by atoms with Gasteiger partial charge in [-0.05, 0) is 0 Å². The van der Waals surface area contributed by atoms with Crippen molar-refractivity contribution in [2.75, 3.05) is 5.73 Å². The molecular weight excluding hydrogens is 235 g/mol. The number of anilines is 1. The molecule has 0 bridgehead atoms. The molecule has 8 heteroatoms. The average Bonchev–Trinajstić information content (AvgIpc) is 2.08. The lowest BCUT2D eigenvalue weighted by atomic mass is 10.3. The molecule has 84 valence electrons. The van der Waals surface area contributed by atoms with Crippen LogP contribution in [0.25, 0.3) is 0 Å². The molecule has 4 N–H and O–H groups in total. The van der Waals surface area contributed by atoms with Gasteiger partial charge in [0.15, 0.2) is 11.6 Å². The summed E-state index contributed by atoms with van der Waals surface area (Å²) in [5.74, 6) is -1.04. The van der Waals surface area contributed by atoms with Crippen LogP contribution in [-0.4, -0.2) is 11.3 Å². The van der Waals surface area contributed by atoms with Gasteiger partial charge in [-0.2, -0.15) is 0 Å². The summed E-state index contributed by atoms with van der Waals surface area (Å²) >= 11 is 5.58. The molecule has 0 unspecified atom stereocenters. The molecule has 1 rings (SSSR count). The standard InChI is InChI=1S/C7H7ClF3N3O/c8-3-1-5(15-7(9,10)11)6(13)14-4(3)2-12/h1H,2,12H2,(H2,13,14). The van der Waals surface area contributed by atoms with E-state index in [1.54, 1.807) is 0 Å². The largest absolute Gasteiger partial charge is 0.573 e. The number of nitrogens with two attached hydrogens (primary N) is 2. The number of nitrogen functional groups attached to an aromatic ring is 1. The minimum atomic E-state index is -4.83. The monoisotopic (exact) mass is 241 g/mol. The van der Waals surface area contributed by atoms with Crippen LogP contribution in [0.1, 0.15) is 5.69 Å². The highest BCUT2D eigenvalue weighted by Crippen LogP contribution is 2.30. The Morgan fingerprint density at radius 2 is 2.07 bits per heavy atom. The summed E-state index contributed by atoms with van der Waals surface area (Å²) in [6, 6.07) is 0.930. The van der Waals surface area contributed by atoms with Gasteiger partial charge in [0.1, 0.15) is 0 Å². The summed E-state index contributed by atoms with van der Waals surface area (Å²) < 4.78 is 39.2. The first kappa shape index (κ1) is 11.9. The number of alkyl halides is 3. The number of aromatic nitrogens is 1. The van der Waals surface area contributed by atoms with Crippen molar-refractivity contribution in [1.82, 2.24) is 4.98 Å². The number of rotatable bonds is 2. The summed E-state index contributed by atoms with van der Waals surface area (Å²) in [6.45, 7) is -0.0185.